The van der Waals surface area contributed by atoms with E-state index in [1.54, 1.807) is 0 Å². The van der Waals surface area contributed by atoms with Crippen LogP contribution in [0, 0.1) is 5.41 Å². The molecule has 1 saturated heterocycles. The van der Waals surface area contributed by atoms with Gasteiger partial charge >= 0.3 is 0 Å². The van der Waals surface area contributed by atoms with Crippen molar-refractivity contribution in [3.05, 3.63) is 33.3 Å². The second-order valence-electron chi connectivity index (χ2n) is 5.27. The summed E-state index contributed by atoms with van der Waals surface area (Å²) in [7, 11) is 0. The summed E-state index contributed by atoms with van der Waals surface area (Å²) in [4.78, 5) is 0. The summed E-state index contributed by atoms with van der Waals surface area (Å²) >= 11 is 12.4. The fourth-order valence-electron chi connectivity index (χ4n) is 3.22. The van der Waals surface area contributed by atoms with Gasteiger partial charge in [-0.25, -0.2) is 0 Å². The summed E-state index contributed by atoms with van der Waals surface area (Å²) in [5.41, 5.74) is 3.10. The van der Waals surface area contributed by atoms with E-state index >= 15 is 0 Å². The molecule has 1 aromatic rings. The summed E-state index contributed by atoms with van der Waals surface area (Å²) in [6.45, 7) is 4.57. The molecule has 3 rings (SSSR count). The van der Waals surface area contributed by atoms with Gasteiger partial charge in [-0.2, -0.15) is 0 Å². The number of benzene rings is 1. The van der Waals surface area contributed by atoms with E-state index in [2.05, 4.69) is 18.3 Å². The lowest BCUT2D eigenvalue weighted by Crippen LogP contribution is -2.30. The van der Waals surface area contributed by atoms with Crippen LogP contribution in [0.15, 0.2) is 12.1 Å². The van der Waals surface area contributed by atoms with Crippen LogP contribution in [-0.2, 0) is 6.42 Å². The number of nitrogens with one attached hydrogen (secondary N) is 1. The van der Waals surface area contributed by atoms with E-state index < -0.39 is 0 Å². The largest absolute Gasteiger partial charge is 0.316 e. The monoisotopic (exact) mass is 255 g/mol. The molecule has 1 fully saturated rings. The first kappa shape index (κ1) is 10.9. The van der Waals surface area contributed by atoms with Crippen LogP contribution < -0.4 is 5.32 Å². The standard InChI is InChI=1S/C13H15Cl2N/c1-13-5-4-9-8(10(13)6-16-7-13)2-3-11(14)12(9)15/h2-3,10,16H,4-7H2,1H3/t10-,13+/m0/s1. The molecule has 2 aliphatic rings. The lowest BCUT2D eigenvalue weighted by Gasteiger charge is -2.37. The molecule has 16 heavy (non-hydrogen) atoms. The summed E-state index contributed by atoms with van der Waals surface area (Å²) in [6, 6.07) is 4.10. The summed E-state index contributed by atoms with van der Waals surface area (Å²) in [5, 5.41) is 4.96. The third-order valence-corrected chi connectivity index (χ3v) is 5.12. The van der Waals surface area contributed by atoms with Gasteiger partial charge < -0.3 is 5.32 Å². The average Bonchev–Trinajstić information content (AvgIpc) is 2.65. The molecule has 0 radical (unpaired) electrons. The highest BCUT2D eigenvalue weighted by molar-refractivity contribution is 6.42. The Kier molecular flexibility index (Phi) is 2.47. The highest BCUT2D eigenvalue weighted by Gasteiger charge is 2.43. The molecule has 3 heteroatoms. The van der Waals surface area contributed by atoms with Gasteiger partial charge in [0.25, 0.3) is 0 Å². The van der Waals surface area contributed by atoms with Gasteiger partial charge in [-0.1, -0.05) is 36.2 Å². The van der Waals surface area contributed by atoms with Crippen LogP contribution in [-0.4, -0.2) is 13.1 Å². The van der Waals surface area contributed by atoms with Crippen LogP contribution in [0.2, 0.25) is 10.0 Å². The van der Waals surface area contributed by atoms with Crippen LogP contribution in [0.25, 0.3) is 0 Å². The van der Waals surface area contributed by atoms with Crippen LogP contribution in [0.4, 0.5) is 0 Å². The van der Waals surface area contributed by atoms with Crippen molar-refractivity contribution in [2.75, 3.05) is 13.1 Å². The van der Waals surface area contributed by atoms with Crippen molar-refractivity contribution in [2.24, 2.45) is 5.41 Å². The average molecular weight is 256 g/mol. The van der Waals surface area contributed by atoms with Gasteiger partial charge in [0, 0.05) is 19.0 Å². The van der Waals surface area contributed by atoms with Crippen LogP contribution in [0.5, 0.6) is 0 Å². The molecule has 1 heterocycles. The minimum absolute atomic E-state index is 0.407. The SMILES string of the molecule is C[C@]12CCc3c(ccc(Cl)c3Cl)[C@@H]1CNC2. The van der Waals surface area contributed by atoms with Crippen molar-refractivity contribution in [3.8, 4) is 0 Å². The number of rotatable bonds is 0. The molecule has 86 valence electrons. The third-order valence-electron chi connectivity index (χ3n) is 4.27. The molecular formula is C13H15Cl2N. The minimum Gasteiger partial charge on any atom is -0.316 e. The Morgan fingerprint density at radius 1 is 1.38 bits per heavy atom. The number of hydrogen-bond acceptors (Lipinski definition) is 1. The van der Waals surface area contributed by atoms with E-state index in [1.165, 1.54) is 17.5 Å². The van der Waals surface area contributed by atoms with Gasteiger partial charge in [-0.05, 0) is 35.4 Å². The van der Waals surface area contributed by atoms with Gasteiger partial charge in [-0.3, -0.25) is 0 Å². The number of fused-ring (bicyclic) bond motifs is 3. The van der Waals surface area contributed by atoms with Crippen molar-refractivity contribution < 1.29 is 0 Å². The van der Waals surface area contributed by atoms with Crippen molar-refractivity contribution in [3.63, 3.8) is 0 Å². The molecule has 2 atom stereocenters. The molecule has 0 unspecified atom stereocenters. The maximum Gasteiger partial charge on any atom is 0.0627 e. The summed E-state index contributed by atoms with van der Waals surface area (Å²) < 4.78 is 0. The Morgan fingerprint density at radius 3 is 3.00 bits per heavy atom. The normalized spacial score (nSPS) is 32.3. The Labute approximate surface area is 106 Å². The zero-order valence-electron chi connectivity index (χ0n) is 9.32. The summed E-state index contributed by atoms with van der Waals surface area (Å²) in [6.07, 6.45) is 2.27. The van der Waals surface area contributed by atoms with E-state index in [-0.39, 0.29) is 0 Å². The Hall–Kier alpha value is -0.240. The van der Waals surface area contributed by atoms with E-state index in [0.29, 0.717) is 16.4 Å². The smallest absolute Gasteiger partial charge is 0.0627 e. The van der Waals surface area contributed by atoms with Crippen LogP contribution >= 0.6 is 23.2 Å². The molecule has 0 bridgehead atoms. The fraction of sp³-hybridized carbons (Fsp3) is 0.538. The lowest BCUT2D eigenvalue weighted by molar-refractivity contribution is 0.277. The van der Waals surface area contributed by atoms with E-state index in [4.69, 9.17) is 23.2 Å². The topological polar surface area (TPSA) is 12.0 Å². The fourth-order valence-corrected chi connectivity index (χ4v) is 3.66. The highest BCUT2D eigenvalue weighted by atomic mass is 35.5. The predicted octanol–water partition coefficient (Wildman–Crippen LogP) is 3.63. The first-order chi connectivity index (χ1) is 7.62. The van der Waals surface area contributed by atoms with Gasteiger partial charge in [0.05, 0.1) is 10.0 Å². The van der Waals surface area contributed by atoms with Crippen LogP contribution in [0.1, 0.15) is 30.4 Å². The molecule has 0 saturated carbocycles. The molecule has 1 aliphatic heterocycles. The molecule has 0 aromatic heterocycles. The zero-order valence-corrected chi connectivity index (χ0v) is 10.8. The highest BCUT2D eigenvalue weighted by Crippen LogP contribution is 2.49. The predicted molar refractivity (Wildman–Crippen MR) is 68.5 cm³/mol. The Bertz CT molecular complexity index is 444. The maximum absolute atomic E-state index is 6.29. The van der Waals surface area contributed by atoms with Gasteiger partial charge in [0.1, 0.15) is 0 Å². The molecule has 1 N–H and O–H groups in total. The molecule has 1 nitrogen and oxygen atoms in total. The summed E-state index contributed by atoms with van der Waals surface area (Å²) in [5.74, 6) is 0.603. The molecule has 0 amide bonds. The Morgan fingerprint density at radius 2 is 2.19 bits per heavy atom. The van der Waals surface area contributed by atoms with E-state index in [1.807, 2.05) is 6.07 Å². The second kappa shape index (κ2) is 3.63. The first-order valence-corrected chi connectivity index (χ1v) is 6.55. The van der Waals surface area contributed by atoms with Crippen LogP contribution in [0.3, 0.4) is 0 Å². The van der Waals surface area contributed by atoms with Gasteiger partial charge in [0.15, 0.2) is 0 Å². The Balaban J connectivity index is 2.14. The van der Waals surface area contributed by atoms with Crippen molar-refractivity contribution >= 4 is 23.2 Å². The first-order valence-electron chi connectivity index (χ1n) is 5.79. The molecule has 1 aromatic carbocycles. The third kappa shape index (κ3) is 1.42. The molecular weight excluding hydrogens is 241 g/mol. The molecule has 1 aliphatic carbocycles. The van der Waals surface area contributed by atoms with Crippen molar-refractivity contribution in [1.82, 2.24) is 5.32 Å². The van der Waals surface area contributed by atoms with Crippen molar-refractivity contribution in [1.29, 1.82) is 0 Å². The number of halogens is 2. The lowest BCUT2D eigenvalue weighted by atomic mass is 9.67. The van der Waals surface area contributed by atoms with E-state index in [0.717, 1.165) is 24.5 Å². The van der Waals surface area contributed by atoms with Crippen molar-refractivity contribution in [2.45, 2.75) is 25.7 Å². The quantitative estimate of drug-likeness (QED) is 0.747. The van der Waals surface area contributed by atoms with Gasteiger partial charge in [0.2, 0.25) is 0 Å². The van der Waals surface area contributed by atoms with Gasteiger partial charge in [-0.15, -0.1) is 0 Å². The zero-order chi connectivity index (χ0) is 11.3. The van der Waals surface area contributed by atoms with E-state index in [9.17, 15) is 0 Å². The molecule has 0 spiro atoms. The second-order valence-corrected chi connectivity index (χ2v) is 6.05. The number of hydrogen-bond donors (Lipinski definition) is 1. The minimum atomic E-state index is 0.407. The maximum atomic E-state index is 6.29.